The largest absolute Gasteiger partial charge is 0.331 e. The van der Waals surface area contributed by atoms with Crippen LogP contribution in [0.25, 0.3) is 0 Å². The Hall–Kier alpha value is -3.07. The number of hydrazone groups is 1. The molecule has 0 amide bonds. The van der Waals surface area contributed by atoms with Crippen LogP contribution in [0.3, 0.4) is 0 Å². The lowest BCUT2D eigenvalue weighted by Gasteiger charge is -2.14. The Kier molecular flexibility index (Phi) is 7.51. The highest BCUT2D eigenvalue weighted by Gasteiger charge is 2.17. The number of nitrogens with zero attached hydrogens (tertiary/aromatic N) is 2. The maximum absolute atomic E-state index is 12.3. The predicted octanol–water partition coefficient (Wildman–Crippen LogP) is 4.04. The predicted molar refractivity (Wildman–Crippen MR) is 130 cm³/mol. The first-order valence-electron chi connectivity index (χ1n) is 9.60. The summed E-state index contributed by atoms with van der Waals surface area (Å²) in [5.74, 6) is -0.0359. The summed E-state index contributed by atoms with van der Waals surface area (Å²) in [7, 11) is -0.540. The zero-order chi connectivity index (χ0) is 22.3. The van der Waals surface area contributed by atoms with Crippen molar-refractivity contribution in [3.8, 4) is 0 Å². The third-order valence-electron chi connectivity index (χ3n) is 4.58. The molecule has 0 fully saturated rings. The van der Waals surface area contributed by atoms with Crippen LogP contribution in [0.1, 0.15) is 17.0 Å². The van der Waals surface area contributed by atoms with E-state index in [1.165, 1.54) is 24.5 Å². The quantitative estimate of drug-likeness (QED) is 0.322. The Balaban J connectivity index is 1.71. The van der Waals surface area contributed by atoms with Gasteiger partial charge in [0.2, 0.25) is 10.0 Å². The van der Waals surface area contributed by atoms with E-state index >= 15 is 0 Å². The summed E-state index contributed by atoms with van der Waals surface area (Å²) in [6.45, 7) is 0. The first-order valence-corrected chi connectivity index (χ1v) is 11.5. The summed E-state index contributed by atoms with van der Waals surface area (Å²) in [6, 6.07) is 26.6. The van der Waals surface area contributed by atoms with E-state index in [9.17, 15) is 8.42 Å². The zero-order valence-corrected chi connectivity index (χ0v) is 18.9. The van der Waals surface area contributed by atoms with E-state index in [0.717, 1.165) is 11.1 Å². The average molecular weight is 453 g/mol. The normalized spacial score (nSPS) is 11.7. The molecule has 0 atom stereocenters. The Labute approximate surface area is 188 Å². The maximum Gasteiger partial charge on any atom is 0.242 e. The number of anilines is 1. The van der Waals surface area contributed by atoms with Crippen LogP contribution in [0.15, 0.2) is 94.9 Å². The van der Waals surface area contributed by atoms with Gasteiger partial charge >= 0.3 is 0 Å². The second-order valence-electron chi connectivity index (χ2n) is 6.96. The molecule has 0 radical (unpaired) electrons. The van der Waals surface area contributed by atoms with Gasteiger partial charge in [-0.25, -0.2) is 12.7 Å². The zero-order valence-electron chi connectivity index (χ0n) is 17.3. The van der Waals surface area contributed by atoms with Crippen molar-refractivity contribution < 1.29 is 8.42 Å². The SMILES string of the molecule is CN(C)S(=O)(=O)c1cccc(NC(=S)N/N=C\C(c2ccccc2)c2ccccc2)c1. The van der Waals surface area contributed by atoms with Crippen LogP contribution >= 0.6 is 12.2 Å². The highest BCUT2D eigenvalue weighted by atomic mass is 32.2. The van der Waals surface area contributed by atoms with Crippen molar-refractivity contribution in [1.82, 2.24) is 9.73 Å². The summed E-state index contributed by atoms with van der Waals surface area (Å²) in [5.41, 5.74) is 5.59. The van der Waals surface area contributed by atoms with Gasteiger partial charge < -0.3 is 5.32 Å². The van der Waals surface area contributed by atoms with E-state index in [4.69, 9.17) is 12.2 Å². The Morgan fingerprint density at radius 1 is 0.935 bits per heavy atom. The van der Waals surface area contributed by atoms with E-state index in [1.54, 1.807) is 24.4 Å². The maximum atomic E-state index is 12.3. The van der Waals surface area contributed by atoms with Gasteiger partial charge in [0.25, 0.3) is 0 Å². The van der Waals surface area contributed by atoms with E-state index in [1.807, 2.05) is 36.4 Å². The van der Waals surface area contributed by atoms with Gasteiger partial charge in [0.1, 0.15) is 0 Å². The molecule has 0 aliphatic rings. The fraction of sp³-hybridized carbons (Fsp3) is 0.130. The molecule has 0 spiro atoms. The number of hydrogen-bond donors (Lipinski definition) is 2. The summed E-state index contributed by atoms with van der Waals surface area (Å²) in [6.07, 6.45) is 1.80. The van der Waals surface area contributed by atoms with Crippen LogP contribution in [0.4, 0.5) is 5.69 Å². The van der Waals surface area contributed by atoms with Crippen LogP contribution in [-0.2, 0) is 10.0 Å². The number of benzene rings is 3. The molecular weight excluding hydrogens is 428 g/mol. The molecule has 3 rings (SSSR count). The van der Waals surface area contributed by atoms with Crippen LogP contribution in [0.2, 0.25) is 0 Å². The number of hydrogen-bond acceptors (Lipinski definition) is 4. The average Bonchev–Trinajstić information content (AvgIpc) is 2.78. The van der Waals surface area contributed by atoms with Gasteiger partial charge in [-0.2, -0.15) is 5.10 Å². The summed E-state index contributed by atoms with van der Waals surface area (Å²) in [4.78, 5) is 0.182. The molecule has 160 valence electrons. The molecule has 0 aliphatic carbocycles. The van der Waals surface area contributed by atoms with E-state index in [0.29, 0.717) is 5.69 Å². The van der Waals surface area contributed by atoms with Crippen molar-refractivity contribution in [2.24, 2.45) is 5.10 Å². The number of sulfonamides is 1. The van der Waals surface area contributed by atoms with Gasteiger partial charge in [-0.1, -0.05) is 66.7 Å². The number of thiocarbonyl (C=S) groups is 1. The molecule has 0 saturated carbocycles. The molecule has 3 aromatic rings. The lowest BCUT2D eigenvalue weighted by Crippen LogP contribution is -2.25. The van der Waals surface area contributed by atoms with E-state index < -0.39 is 10.0 Å². The highest BCUT2D eigenvalue weighted by Crippen LogP contribution is 2.22. The molecule has 2 N–H and O–H groups in total. The third-order valence-corrected chi connectivity index (χ3v) is 6.58. The molecule has 0 aromatic heterocycles. The Bertz CT molecular complexity index is 1110. The number of rotatable bonds is 7. The summed E-state index contributed by atoms with van der Waals surface area (Å²) in [5, 5.41) is 7.54. The fourth-order valence-electron chi connectivity index (χ4n) is 2.96. The lowest BCUT2D eigenvalue weighted by molar-refractivity contribution is 0.521. The highest BCUT2D eigenvalue weighted by molar-refractivity contribution is 7.89. The molecule has 8 heteroatoms. The van der Waals surface area contributed by atoms with Crippen LogP contribution in [0, 0.1) is 0 Å². The standard InChI is InChI=1S/C23H24N4O2S2/c1-27(2)31(28,29)21-15-9-14-20(16-21)25-23(30)26-24-17-22(18-10-5-3-6-11-18)19-12-7-4-8-13-19/h3-17,22H,1-2H3,(H2,25,26,30)/b24-17-. The monoisotopic (exact) mass is 452 g/mol. The second kappa shape index (κ2) is 10.3. The molecule has 0 bridgehead atoms. The second-order valence-corrected chi connectivity index (χ2v) is 9.52. The molecule has 6 nitrogen and oxygen atoms in total. The topological polar surface area (TPSA) is 73.8 Å². The van der Waals surface area contributed by atoms with Crippen molar-refractivity contribution in [3.63, 3.8) is 0 Å². The van der Waals surface area contributed by atoms with Crippen LogP contribution in [-0.4, -0.2) is 38.1 Å². The van der Waals surface area contributed by atoms with Crippen molar-refractivity contribution in [3.05, 3.63) is 96.1 Å². The van der Waals surface area contributed by atoms with Gasteiger partial charge in [0.05, 0.1) is 4.90 Å². The van der Waals surface area contributed by atoms with Gasteiger partial charge in [-0.3, -0.25) is 5.43 Å². The summed E-state index contributed by atoms with van der Waals surface area (Å²) < 4.78 is 25.8. The minimum atomic E-state index is -3.52. The minimum absolute atomic E-state index is 0.0359. The van der Waals surface area contributed by atoms with Crippen LogP contribution < -0.4 is 10.7 Å². The minimum Gasteiger partial charge on any atom is -0.331 e. The van der Waals surface area contributed by atoms with Gasteiger partial charge in [-0.15, -0.1) is 0 Å². The van der Waals surface area contributed by atoms with E-state index in [-0.39, 0.29) is 15.9 Å². The van der Waals surface area contributed by atoms with Crippen molar-refractivity contribution >= 4 is 39.3 Å². The van der Waals surface area contributed by atoms with Crippen molar-refractivity contribution in [2.45, 2.75) is 10.8 Å². The molecule has 0 unspecified atom stereocenters. The van der Waals surface area contributed by atoms with Gasteiger partial charge in [0.15, 0.2) is 5.11 Å². The van der Waals surface area contributed by atoms with Gasteiger partial charge in [-0.05, 0) is 41.5 Å². The van der Waals surface area contributed by atoms with Crippen molar-refractivity contribution in [1.29, 1.82) is 0 Å². The van der Waals surface area contributed by atoms with E-state index in [2.05, 4.69) is 40.1 Å². The fourth-order valence-corrected chi connectivity index (χ4v) is 4.08. The first kappa shape index (κ1) is 22.6. The molecular formula is C23H24N4O2S2. The third kappa shape index (κ3) is 5.97. The number of nitrogens with one attached hydrogen (secondary N) is 2. The first-order chi connectivity index (χ1) is 14.9. The molecule has 0 aliphatic heterocycles. The van der Waals surface area contributed by atoms with Crippen molar-refractivity contribution in [2.75, 3.05) is 19.4 Å². The summed E-state index contributed by atoms with van der Waals surface area (Å²) >= 11 is 5.31. The molecule has 0 heterocycles. The smallest absolute Gasteiger partial charge is 0.242 e. The Morgan fingerprint density at radius 3 is 2.06 bits per heavy atom. The van der Waals surface area contributed by atoms with Crippen LogP contribution in [0.5, 0.6) is 0 Å². The molecule has 31 heavy (non-hydrogen) atoms. The van der Waals surface area contributed by atoms with Gasteiger partial charge in [0, 0.05) is 31.9 Å². The molecule has 3 aromatic carbocycles. The molecule has 0 saturated heterocycles. The lowest BCUT2D eigenvalue weighted by atomic mass is 9.92. The Morgan fingerprint density at radius 2 is 1.52 bits per heavy atom.